The Labute approximate surface area is 195 Å². The quantitative estimate of drug-likeness (QED) is 0.292. The van der Waals surface area contributed by atoms with Crippen molar-refractivity contribution in [1.29, 1.82) is 5.26 Å². The smallest absolute Gasteiger partial charge is 0.216 e. The maximum Gasteiger partial charge on any atom is 0.216 e. The van der Waals surface area contributed by atoms with E-state index in [4.69, 9.17) is 11.3 Å². The van der Waals surface area contributed by atoms with Crippen LogP contribution in [-0.2, 0) is 7.05 Å². The number of nitriles is 1. The van der Waals surface area contributed by atoms with E-state index in [2.05, 4.69) is 38.2 Å². The minimum absolute atomic E-state index is 0.0483. The maximum absolute atomic E-state index is 10.00. The van der Waals surface area contributed by atoms with Crippen molar-refractivity contribution >= 4 is 21.9 Å². The minimum Gasteiger partial charge on any atom is -0.454 e. The monoisotopic (exact) mass is 422 g/mol. The maximum atomic E-state index is 10.00. The van der Waals surface area contributed by atoms with Crippen molar-refractivity contribution in [2.24, 2.45) is 7.05 Å². The molecule has 3 nitrogen and oxygen atoms in total. The summed E-state index contributed by atoms with van der Waals surface area (Å²) in [7, 11) is 1.98. The highest BCUT2D eigenvalue weighted by atomic mass is 16.3. The zero-order valence-electron chi connectivity index (χ0n) is 23.7. The van der Waals surface area contributed by atoms with Gasteiger partial charge in [0.2, 0.25) is 5.69 Å². The molecule has 2 aromatic heterocycles. The topological polar surface area (TPSA) is 40.8 Å². The van der Waals surface area contributed by atoms with E-state index in [0.717, 1.165) is 38.9 Å². The number of pyridine rings is 1. The molecule has 5 rings (SSSR count). The lowest BCUT2D eigenvalue weighted by Crippen LogP contribution is -2.31. The van der Waals surface area contributed by atoms with Crippen LogP contribution in [-0.4, -0.2) is 0 Å². The Morgan fingerprint density at radius 1 is 0.875 bits per heavy atom. The largest absolute Gasteiger partial charge is 0.454 e. The first kappa shape index (κ1) is 15.0. The van der Waals surface area contributed by atoms with Gasteiger partial charge in [0.15, 0.2) is 6.20 Å². The molecule has 3 heteroatoms. The molecule has 0 saturated heterocycles. The Morgan fingerprint density at radius 3 is 2.34 bits per heavy atom. The van der Waals surface area contributed by atoms with Gasteiger partial charge >= 0.3 is 0 Å². The number of hydrogen-bond donors (Lipinski definition) is 0. The molecular weight excluding hydrogens is 392 g/mol. The normalized spacial score (nSPS) is 13.4. The van der Waals surface area contributed by atoms with E-state index in [0.29, 0.717) is 27.7 Å². The Morgan fingerprint density at radius 2 is 1.62 bits per heavy atom. The first-order valence-electron chi connectivity index (χ1n) is 12.9. The molecule has 0 saturated carbocycles. The molecule has 2 heterocycles. The third kappa shape index (κ3) is 2.92. The van der Waals surface area contributed by atoms with Crippen molar-refractivity contribution < 1.29 is 15.8 Å². The molecule has 0 radical (unpaired) electrons. The summed E-state index contributed by atoms with van der Waals surface area (Å²) in [5, 5.41) is 11.4. The Hall–Kier alpha value is -3.90. The van der Waals surface area contributed by atoms with Gasteiger partial charge in [0.25, 0.3) is 0 Å². The van der Waals surface area contributed by atoms with Gasteiger partial charge in [-0.25, -0.2) is 4.57 Å². The zero-order valence-corrected chi connectivity index (χ0v) is 18.7. The van der Waals surface area contributed by atoms with Crippen LogP contribution >= 0.6 is 0 Å². The summed E-state index contributed by atoms with van der Waals surface area (Å²) in [4.78, 5) is 0. The van der Waals surface area contributed by atoms with Crippen LogP contribution in [0.5, 0.6) is 0 Å². The molecule has 0 aliphatic rings. The molecule has 0 atom stereocenters. The van der Waals surface area contributed by atoms with Crippen LogP contribution < -0.4 is 4.57 Å². The highest BCUT2D eigenvalue weighted by Gasteiger charge is 2.25. The summed E-state index contributed by atoms with van der Waals surface area (Å²) < 4.78 is 50.0. The van der Waals surface area contributed by atoms with Crippen molar-refractivity contribution in [2.75, 3.05) is 0 Å². The molecule has 32 heavy (non-hydrogen) atoms. The summed E-state index contributed by atoms with van der Waals surface area (Å²) in [6.07, 6.45) is 2.07. The van der Waals surface area contributed by atoms with Gasteiger partial charge in [0, 0.05) is 28.0 Å². The van der Waals surface area contributed by atoms with Gasteiger partial charge in [-0.05, 0) is 62.1 Å². The van der Waals surface area contributed by atoms with Crippen LogP contribution in [0.2, 0.25) is 0 Å². The fraction of sp³-hybridized carbons (Fsp3) is 0.172. The van der Waals surface area contributed by atoms with Crippen molar-refractivity contribution in [3.05, 3.63) is 88.5 Å². The molecule has 0 spiro atoms. The predicted octanol–water partition coefficient (Wildman–Crippen LogP) is 6.85. The van der Waals surface area contributed by atoms with Gasteiger partial charge < -0.3 is 4.42 Å². The zero-order chi connectivity index (χ0) is 26.9. The van der Waals surface area contributed by atoms with Crippen LogP contribution in [0.1, 0.15) is 34.7 Å². The number of aromatic nitrogens is 1. The number of furan rings is 1. The summed E-state index contributed by atoms with van der Waals surface area (Å²) in [6, 6.07) is 7.75. The Balaban J connectivity index is 2.01. The van der Waals surface area contributed by atoms with Crippen LogP contribution in [0, 0.1) is 39.0 Å². The van der Waals surface area contributed by atoms with Crippen molar-refractivity contribution in [1.82, 2.24) is 0 Å². The molecule has 5 aromatic rings. The molecule has 156 valence electrons. The lowest BCUT2D eigenvalue weighted by Gasteiger charge is -2.09. The van der Waals surface area contributed by atoms with Crippen LogP contribution in [0.15, 0.2) is 65.1 Å². The number of rotatable bonds is 2. The van der Waals surface area contributed by atoms with E-state index >= 15 is 0 Å². The van der Waals surface area contributed by atoms with Gasteiger partial charge in [-0.2, -0.15) is 5.26 Å². The highest BCUT2D eigenvalue weighted by molar-refractivity contribution is 6.16. The van der Waals surface area contributed by atoms with Crippen LogP contribution in [0.25, 0.3) is 44.3 Å². The average molecular weight is 423 g/mol. The molecule has 0 unspecified atom stereocenters. The second-order valence-corrected chi connectivity index (χ2v) is 8.30. The fourth-order valence-electron chi connectivity index (χ4n) is 4.53. The molecule has 3 aromatic carbocycles. The van der Waals surface area contributed by atoms with Crippen molar-refractivity contribution in [2.45, 2.75) is 27.7 Å². The summed E-state index contributed by atoms with van der Waals surface area (Å²) in [5.41, 5.74) is 7.79. The van der Waals surface area contributed by atoms with E-state index in [-0.39, 0.29) is 17.6 Å². The molecule has 0 aliphatic carbocycles. The number of aryl methyl sites for hydroxylation is 5. The molecule has 0 aliphatic heterocycles. The number of fused-ring (bicyclic) bond motifs is 3. The number of hydrogen-bond acceptors (Lipinski definition) is 2. The number of benzene rings is 3. The summed E-state index contributed by atoms with van der Waals surface area (Å²) in [5.74, 6) is 0. The molecule has 0 fully saturated rings. The predicted molar refractivity (Wildman–Crippen MR) is 129 cm³/mol. The fourth-order valence-corrected chi connectivity index (χ4v) is 4.53. The van der Waals surface area contributed by atoms with Crippen molar-refractivity contribution in [3.8, 4) is 28.5 Å². The molecule has 0 amide bonds. The van der Waals surface area contributed by atoms with E-state index in [1.165, 1.54) is 0 Å². The van der Waals surface area contributed by atoms with Gasteiger partial charge in [-0.3, -0.25) is 0 Å². The Bertz CT molecular complexity index is 1820. The van der Waals surface area contributed by atoms with Gasteiger partial charge in [0.1, 0.15) is 18.2 Å². The van der Waals surface area contributed by atoms with Gasteiger partial charge in [-0.15, -0.1) is 0 Å². The van der Waals surface area contributed by atoms with Gasteiger partial charge in [0.05, 0.1) is 24.0 Å². The summed E-state index contributed by atoms with van der Waals surface area (Å²) in [6.45, 7) is 8.10. The highest BCUT2D eigenvalue weighted by Crippen LogP contribution is 2.43. The lowest BCUT2D eigenvalue weighted by molar-refractivity contribution is -0.660. The van der Waals surface area contributed by atoms with E-state index in [9.17, 15) is 5.26 Å². The van der Waals surface area contributed by atoms with E-state index < -0.39 is 18.1 Å². The molecular formula is C29H25N2O+. The first-order valence-corrected chi connectivity index (χ1v) is 10.4. The van der Waals surface area contributed by atoms with E-state index in [1.807, 2.05) is 25.5 Å². The Kier molecular flexibility index (Phi) is 3.45. The SMILES string of the molecule is [2H]c1c([2H])c([2H])c(-c2ccc(C#N)c3c2oc2c(-c4cc(C)c(C)c[n+]4C)c(C)cc(C)c23)c([2H])c1[2H]. The molecule has 0 bridgehead atoms. The second kappa shape index (κ2) is 7.35. The minimum atomic E-state index is -0.454. The van der Waals surface area contributed by atoms with Crippen LogP contribution in [0.3, 0.4) is 0 Å². The average Bonchev–Trinajstić information content (AvgIpc) is 3.26. The molecule has 0 N–H and O–H groups in total. The lowest BCUT2D eigenvalue weighted by atomic mass is 9.93. The van der Waals surface area contributed by atoms with Crippen LogP contribution in [0.4, 0.5) is 0 Å². The second-order valence-electron chi connectivity index (χ2n) is 8.30. The van der Waals surface area contributed by atoms with E-state index in [1.54, 1.807) is 12.1 Å². The third-order valence-electron chi connectivity index (χ3n) is 6.18. The third-order valence-corrected chi connectivity index (χ3v) is 6.18. The van der Waals surface area contributed by atoms with Gasteiger partial charge in [-0.1, -0.05) is 36.3 Å². The first-order chi connectivity index (χ1) is 17.5. The standard InChI is InChI=1S/C29H25N2O/c1-17-14-24(31(5)16-20(17)4)25-18(2)13-19(3)26-27-22(15-30)11-12-23(28(27)32-29(25)26)21-9-7-6-8-10-21/h6-14,16H,1-5H3/q+1/i6D,7D,8D,9D,10D. The number of nitrogens with zero attached hydrogens (tertiary/aromatic N) is 2. The summed E-state index contributed by atoms with van der Waals surface area (Å²) >= 11 is 0. The van der Waals surface area contributed by atoms with Crippen molar-refractivity contribution in [3.63, 3.8) is 0 Å².